The molecule has 2 aliphatic rings. The van der Waals surface area contributed by atoms with Gasteiger partial charge in [-0.25, -0.2) is 0 Å². The number of aromatic nitrogens is 2. The third-order valence-electron chi connectivity index (χ3n) is 10.8. The fourth-order valence-electron chi connectivity index (χ4n) is 7.82. The van der Waals surface area contributed by atoms with Crippen LogP contribution in [0.5, 0.6) is 0 Å². The van der Waals surface area contributed by atoms with Crippen LogP contribution in [0.1, 0.15) is 54.2 Å². The van der Waals surface area contributed by atoms with Crippen LogP contribution >= 0.6 is 0 Å². The van der Waals surface area contributed by atoms with E-state index in [-0.39, 0.29) is 24.9 Å². The zero-order valence-corrected chi connectivity index (χ0v) is 30.8. The second-order valence-electron chi connectivity index (χ2n) is 14.9. The molecular formula is C45H46N6O4. The Balaban J connectivity index is 0.799. The number of pyridine rings is 2. The second kappa shape index (κ2) is 16.5. The Morgan fingerprint density at radius 3 is 1.96 bits per heavy atom. The van der Waals surface area contributed by atoms with E-state index < -0.39 is 12.2 Å². The van der Waals surface area contributed by atoms with Crippen molar-refractivity contribution in [3.8, 4) is 0 Å². The monoisotopic (exact) mass is 734 g/mol. The van der Waals surface area contributed by atoms with Crippen molar-refractivity contribution in [1.82, 2.24) is 30.4 Å². The minimum Gasteiger partial charge on any atom is -0.390 e. The lowest BCUT2D eigenvalue weighted by molar-refractivity contribution is 0.0839. The van der Waals surface area contributed by atoms with Crippen molar-refractivity contribution < 1.29 is 19.8 Å². The lowest BCUT2D eigenvalue weighted by Gasteiger charge is -2.30. The molecule has 2 aliphatic heterocycles. The van der Waals surface area contributed by atoms with Crippen LogP contribution in [-0.4, -0.2) is 93.3 Å². The molecule has 0 fully saturated rings. The highest BCUT2D eigenvalue weighted by molar-refractivity contribution is 5.98. The number of nitrogens with zero attached hydrogens (tertiary/aromatic N) is 4. The Bertz CT molecular complexity index is 2350. The van der Waals surface area contributed by atoms with Crippen LogP contribution < -0.4 is 10.6 Å². The van der Waals surface area contributed by atoms with Crippen molar-refractivity contribution in [2.75, 3.05) is 39.3 Å². The summed E-state index contributed by atoms with van der Waals surface area (Å²) in [4.78, 5) is 39.4. The van der Waals surface area contributed by atoms with Crippen LogP contribution in [0.15, 0.2) is 109 Å². The van der Waals surface area contributed by atoms with Crippen molar-refractivity contribution in [2.45, 2.75) is 44.6 Å². The first-order valence-electron chi connectivity index (χ1n) is 19.1. The Morgan fingerprint density at radius 1 is 0.636 bits per heavy atom. The van der Waals surface area contributed by atoms with Gasteiger partial charge >= 0.3 is 0 Å². The molecule has 2 atom stereocenters. The maximum absolute atomic E-state index is 13.0. The van der Waals surface area contributed by atoms with E-state index in [4.69, 9.17) is 4.98 Å². The van der Waals surface area contributed by atoms with Gasteiger partial charge in [-0.05, 0) is 89.2 Å². The molecule has 0 spiro atoms. The van der Waals surface area contributed by atoms with E-state index >= 15 is 0 Å². The summed E-state index contributed by atoms with van der Waals surface area (Å²) in [5.41, 5.74) is 10.1. The number of carbonyl (C=O) groups excluding carboxylic acids is 2. The van der Waals surface area contributed by atoms with E-state index in [0.29, 0.717) is 30.6 Å². The van der Waals surface area contributed by atoms with Gasteiger partial charge in [0, 0.05) is 92.6 Å². The van der Waals surface area contributed by atoms with E-state index in [1.807, 2.05) is 48.5 Å². The van der Waals surface area contributed by atoms with Crippen LogP contribution in [0.4, 0.5) is 0 Å². The maximum Gasteiger partial charge on any atom is 0.251 e. The van der Waals surface area contributed by atoms with Gasteiger partial charge in [-0.3, -0.25) is 29.4 Å². The molecule has 0 aliphatic carbocycles. The highest BCUT2D eigenvalue weighted by Crippen LogP contribution is 2.24. The van der Waals surface area contributed by atoms with Gasteiger partial charge in [-0.2, -0.15) is 0 Å². The van der Waals surface area contributed by atoms with E-state index in [0.717, 1.165) is 66.5 Å². The molecule has 10 nitrogen and oxygen atoms in total. The number of β-amino-alcohol motifs (C(OH)–C–C–N with tert-alkyl or cyclic N) is 2. The highest BCUT2D eigenvalue weighted by atomic mass is 16.3. The number of nitrogens with one attached hydrogen (secondary N) is 2. The molecular weight excluding hydrogens is 689 g/mol. The Kier molecular flexibility index (Phi) is 10.9. The summed E-state index contributed by atoms with van der Waals surface area (Å²) in [5.74, 6) is -0.421. The molecule has 10 heteroatoms. The Morgan fingerprint density at radius 2 is 1.25 bits per heavy atom. The number of amides is 2. The van der Waals surface area contributed by atoms with Crippen molar-refractivity contribution in [3.05, 3.63) is 154 Å². The van der Waals surface area contributed by atoms with Gasteiger partial charge in [0.2, 0.25) is 0 Å². The summed E-state index contributed by atoms with van der Waals surface area (Å²) >= 11 is 0. The second-order valence-corrected chi connectivity index (χ2v) is 14.9. The third-order valence-corrected chi connectivity index (χ3v) is 10.8. The fourth-order valence-corrected chi connectivity index (χ4v) is 7.82. The average Bonchev–Trinajstić information content (AvgIpc) is 3.21. The first-order valence-corrected chi connectivity index (χ1v) is 19.1. The first-order chi connectivity index (χ1) is 26.8. The lowest BCUT2D eigenvalue weighted by Crippen LogP contribution is -2.42. The number of carbonyl (C=O) groups is 2. The summed E-state index contributed by atoms with van der Waals surface area (Å²) < 4.78 is 0. The topological polar surface area (TPSA) is 131 Å². The molecule has 0 unspecified atom stereocenters. The van der Waals surface area contributed by atoms with E-state index in [1.165, 1.54) is 27.8 Å². The number of hydrogen-bond acceptors (Lipinski definition) is 8. The standard InChI is InChI=1S/C45H46N6O4/c52-40(28-50-18-15-31-4-1-2-5-37(31)26-50)24-48-45(55)36-11-14-43-34(23-36)9-12-39(49-43)21-30-7-8-38-27-51(19-16-32(38)20-30)29-41(53)25-47-44(54)35-10-13-42-33(22-35)6-3-17-46-42/h1-14,17,20,22-23,40-41,52-53H,15-16,18-19,21,24-29H2,(H,47,54)(H,48,55)/t40-,41-/m1/s1. The predicted molar refractivity (Wildman–Crippen MR) is 214 cm³/mol. The third kappa shape index (κ3) is 8.90. The number of rotatable bonds is 12. The molecule has 6 aromatic rings. The molecule has 55 heavy (non-hydrogen) atoms. The molecule has 0 radical (unpaired) electrons. The molecule has 0 saturated heterocycles. The van der Waals surface area contributed by atoms with Gasteiger partial charge in [0.1, 0.15) is 0 Å². The van der Waals surface area contributed by atoms with Gasteiger partial charge in [0.05, 0.1) is 23.2 Å². The van der Waals surface area contributed by atoms with Gasteiger partial charge in [-0.15, -0.1) is 0 Å². The Hall–Kier alpha value is -5.52. The summed E-state index contributed by atoms with van der Waals surface area (Å²) in [6.45, 7) is 4.65. The van der Waals surface area contributed by atoms with Crippen molar-refractivity contribution >= 4 is 33.6 Å². The quantitative estimate of drug-likeness (QED) is 0.143. The molecule has 280 valence electrons. The average molecular weight is 735 g/mol. The van der Waals surface area contributed by atoms with Crippen molar-refractivity contribution in [3.63, 3.8) is 0 Å². The molecule has 4 aromatic carbocycles. The predicted octanol–water partition coefficient (Wildman–Crippen LogP) is 4.67. The zero-order valence-electron chi connectivity index (χ0n) is 30.8. The Labute approximate surface area is 320 Å². The van der Waals surface area contributed by atoms with Gasteiger partial charge in [0.15, 0.2) is 0 Å². The number of aliphatic hydroxyl groups is 2. The van der Waals surface area contributed by atoms with Crippen LogP contribution in [0, 0.1) is 0 Å². The van der Waals surface area contributed by atoms with Crippen molar-refractivity contribution in [1.29, 1.82) is 0 Å². The number of hydrogen-bond donors (Lipinski definition) is 4. The molecule has 2 amide bonds. The molecule has 4 heterocycles. The lowest BCUT2D eigenvalue weighted by atomic mass is 9.95. The van der Waals surface area contributed by atoms with Gasteiger partial charge < -0.3 is 20.8 Å². The smallest absolute Gasteiger partial charge is 0.251 e. The molecule has 0 saturated carbocycles. The highest BCUT2D eigenvalue weighted by Gasteiger charge is 2.21. The van der Waals surface area contributed by atoms with Crippen LogP contribution in [0.25, 0.3) is 21.8 Å². The number of aliphatic hydroxyl groups excluding tert-OH is 2. The largest absolute Gasteiger partial charge is 0.390 e. The number of benzene rings is 4. The summed E-state index contributed by atoms with van der Waals surface area (Å²) in [6.07, 6.45) is 2.94. The normalized spacial score (nSPS) is 15.6. The van der Waals surface area contributed by atoms with Gasteiger partial charge in [-0.1, -0.05) is 54.6 Å². The van der Waals surface area contributed by atoms with E-state index in [2.05, 4.69) is 67.9 Å². The van der Waals surface area contributed by atoms with Crippen LogP contribution in [-0.2, 0) is 32.4 Å². The molecule has 0 bridgehead atoms. The van der Waals surface area contributed by atoms with E-state index in [1.54, 1.807) is 18.3 Å². The maximum atomic E-state index is 13.0. The van der Waals surface area contributed by atoms with Crippen molar-refractivity contribution in [2.24, 2.45) is 0 Å². The number of fused-ring (bicyclic) bond motifs is 4. The molecule has 8 rings (SSSR count). The van der Waals surface area contributed by atoms with Gasteiger partial charge in [0.25, 0.3) is 11.8 Å². The summed E-state index contributed by atoms with van der Waals surface area (Å²) in [6, 6.07) is 33.8. The summed E-state index contributed by atoms with van der Waals surface area (Å²) in [7, 11) is 0. The zero-order chi connectivity index (χ0) is 37.7. The minimum atomic E-state index is -0.682. The van der Waals surface area contributed by atoms with Crippen LogP contribution in [0.3, 0.4) is 0 Å². The van der Waals surface area contributed by atoms with E-state index in [9.17, 15) is 19.8 Å². The fraction of sp³-hybridized carbons (Fsp3) is 0.289. The molecule has 4 N–H and O–H groups in total. The van der Waals surface area contributed by atoms with Crippen LogP contribution in [0.2, 0.25) is 0 Å². The summed E-state index contributed by atoms with van der Waals surface area (Å²) in [5, 5.41) is 29.0. The molecule has 2 aromatic heterocycles. The minimum absolute atomic E-state index is 0.180. The first kappa shape index (κ1) is 36.5. The SMILES string of the molecule is O=C(NC[C@@H](O)CN1CCc2ccccc2C1)c1ccc2nc(Cc3ccc4c(c3)CCN(C[C@H](O)CNC(=O)c3ccc5ncccc5c3)C4)ccc2c1.